The van der Waals surface area contributed by atoms with Crippen LogP contribution in [0.15, 0.2) is 22.9 Å². The number of aliphatic hydroxyl groups is 1. The first-order valence-corrected chi connectivity index (χ1v) is 6.50. The van der Waals surface area contributed by atoms with Crippen molar-refractivity contribution in [2.24, 2.45) is 0 Å². The van der Waals surface area contributed by atoms with E-state index in [1.54, 1.807) is 6.20 Å². The van der Waals surface area contributed by atoms with Gasteiger partial charge in [0.2, 0.25) is 0 Å². The Bertz CT molecular complexity index is 351. The van der Waals surface area contributed by atoms with Gasteiger partial charge in [0.25, 0.3) is 0 Å². The lowest BCUT2D eigenvalue weighted by molar-refractivity contribution is 0.0475. The Morgan fingerprint density at radius 1 is 1.38 bits per heavy atom. The SMILES string of the molecule is OC1(CNCc2cncc(Br)c2)CCCC1. The molecular formula is C12H17BrN2O. The monoisotopic (exact) mass is 284 g/mol. The number of halogens is 1. The van der Waals surface area contributed by atoms with Crippen molar-refractivity contribution < 1.29 is 5.11 Å². The van der Waals surface area contributed by atoms with Crippen molar-refractivity contribution in [3.05, 3.63) is 28.5 Å². The van der Waals surface area contributed by atoms with E-state index in [1.807, 2.05) is 12.3 Å². The van der Waals surface area contributed by atoms with E-state index >= 15 is 0 Å². The average Bonchev–Trinajstić information content (AvgIpc) is 2.65. The zero-order valence-corrected chi connectivity index (χ0v) is 10.8. The Labute approximate surface area is 104 Å². The highest BCUT2D eigenvalue weighted by Crippen LogP contribution is 2.28. The molecule has 0 radical (unpaired) electrons. The second-order valence-corrected chi connectivity index (χ2v) is 5.46. The highest BCUT2D eigenvalue weighted by atomic mass is 79.9. The number of rotatable bonds is 4. The molecule has 1 aliphatic rings. The standard InChI is InChI=1S/C12H17BrN2O/c13-11-5-10(6-14-8-11)7-15-9-12(16)3-1-2-4-12/h5-6,8,15-16H,1-4,7,9H2. The molecule has 16 heavy (non-hydrogen) atoms. The maximum atomic E-state index is 10.1. The fourth-order valence-corrected chi connectivity index (χ4v) is 2.61. The molecule has 0 spiro atoms. The number of pyridine rings is 1. The van der Waals surface area contributed by atoms with Gasteiger partial charge in [-0.3, -0.25) is 4.98 Å². The number of hydrogen-bond donors (Lipinski definition) is 2. The van der Waals surface area contributed by atoms with Crippen LogP contribution in [-0.2, 0) is 6.54 Å². The summed E-state index contributed by atoms with van der Waals surface area (Å²) in [6.07, 6.45) is 7.77. The summed E-state index contributed by atoms with van der Waals surface area (Å²) in [5.41, 5.74) is 0.662. The first-order chi connectivity index (χ1) is 7.68. The molecule has 1 aliphatic carbocycles. The highest BCUT2D eigenvalue weighted by Gasteiger charge is 2.30. The lowest BCUT2D eigenvalue weighted by Gasteiger charge is -2.22. The van der Waals surface area contributed by atoms with E-state index in [0.29, 0.717) is 6.54 Å². The van der Waals surface area contributed by atoms with Gasteiger partial charge in [-0.25, -0.2) is 0 Å². The van der Waals surface area contributed by atoms with Gasteiger partial charge in [0, 0.05) is 30.0 Å². The summed E-state index contributed by atoms with van der Waals surface area (Å²) in [6, 6.07) is 2.04. The Morgan fingerprint density at radius 2 is 2.12 bits per heavy atom. The molecule has 88 valence electrons. The van der Waals surface area contributed by atoms with Crippen LogP contribution >= 0.6 is 15.9 Å². The maximum absolute atomic E-state index is 10.1. The molecule has 0 unspecified atom stereocenters. The summed E-state index contributed by atoms with van der Waals surface area (Å²) in [4.78, 5) is 4.10. The summed E-state index contributed by atoms with van der Waals surface area (Å²) in [7, 11) is 0. The van der Waals surface area contributed by atoms with Crippen LogP contribution in [-0.4, -0.2) is 22.2 Å². The second kappa shape index (κ2) is 5.25. The molecule has 2 N–H and O–H groups in total. The largest absolute Gasteiger partial charge is 0.389 e. The minimum atomic E-state index is -0.473. The van der Waals surface area contributed by atoms with Gasteiger partial charge in [-0.2, -0.15) is 0 Å². The molecule has 2 rings (SSSR count). The van der Waals surface area contributed by atoms with E-state index in [9.17, 15) is 5.11 Å². The minimum Gasteiger partial charge on any atom is -0.389 e. The van der Waals surface area contributed by atoms with Crippen LogP contribution in [0.25, 0.3) is 0 Å². The van der Waals surface area contributed by atoms with Crippen LogP contribution in [0.2, 0.25) is 0 Å². The van der Waals surface area contributed by atoms with Gasteiger partial charge in [-0.1, -0.05) is 12.8 Å². The van der Waals surface area contributed by atoms with Crippen molar-refractivity contribution in [3.63, 3.8) is 0 Å². The van der Waals surface area contributed by atoms with Crippen molar-refractivity contribution in [2.75, 3.05) is 6.54 Å². The Morgan fingerprint density at radius 3 is 2.81 bits per heavy atom. The third kappa shape index (κ3) is 3.27. The lowest BCUT2D eigenvalue weighted by atomic mass is 10.0. The third-order valence-electron chi connectivity index (χ3n) is 3.08. The molecule has 1 aromatic heterocycles. The lowest BCUT2D eigenvalue weighted by Crippen LogP contribution is -2.37. The molecule has 1 saturated carbocycles. The van der Waals surface area contributed by atoms with Crippen molar-refractivity contribution >= 4 is 15.9 Å². The minimum absolute atomic E-state index is 0.473. The average molecular weight is 285 g/mol. The Kier molecular flexibility index (Phi) is 3.95. The van der Waals surface area contributed by atoms with E-state index in [1.165, 1.54) is 0 Å². The molecule has 0 saturated heterocycles. The summed E-state index contributed by atoms with van der Waals surface area (Å²) in [6.45, 7) is 1.44. The van der Waals surface area contributed by atoms with Crippen LogP contribution in [0, 0.1) is 0 Å². The molecule has 0 aromatic carbocycles. The van der Waals surface area contributed by atoms with Gasteiger partial charge in [0.1, 0.15) is 0 Å². The van der Waals surface area contributed by atoms with E-state index < -0.39 is 5.60 Å². The number of nitrogens with one attached hydrogen (secondary N) is 1. The van der Waals surface area contributed by atoms with Gasteiger partial charge in [-0.05, 0) is 40.4 Å². The van der Waals surface area contributed by atoms with Crippen molar-refractivity contribution in [1.82, 2.24) is 10.3 Å². The molecule has 4 heteroatoms. The molecular weight excluding hydrogens is 268 g/mol. The fourth-order valence-electron chi connectivity index (χ4n) is 2.20. The summed E-state index contributed by atoms with van der Waals surface area (Å²) in [5.74, 6) is 0. The summed E-state index contributed by atoms with van der Waals surface area (Å²) in [5, 5.41) is 13.4. The van der Waals surface area contributed by atoms with Gasteiger partial charge in [0.05, 0.1) is 5.60 Å². The molecule has 0 atom stereocenters. The topological polar surface area (TPSA) is 45.1 Å². The quantitative estimate of drug-likeness (QED) is 0.891. The first-order valence-electron chi connectivity index (χ1n) is 5.71. The van der Waals surface area contributed by atoms with Crippen LogP contribution in [0.3, 0.4) is 0 Å². The molecule has 1 heterocycles. The van der Waals surface area contributed by atoms with Crippen molar-refractivity contribution in [1.29, 1.82) is 0 Å². The maximum Gasteiger partial charge on any atom is 0.0771 e. The zero-order valence-electron chi connectivity index (χ0n) is 9.25. The zero-order chi connectivity index (χ0) is 11.4. The van der Waals surface area contributed by atoms with Crippen molar-refractivity contribution in [3.8, 4) is 0 Å². The fraction of sp³-hybridized carbons (Fsp3) is 0.583. The molecule has 3 nitrogen and oxygen atoms in total. The predicted molar refractivity (Wildman–Crippen MR) is 67.1 cm³/mol. The molecule has 0 amide bonds. The molecule has 0 aliphatic heterocycles. The summed E-state index contributed by atoms with van der Waals surface area (Å²) < 4.78 is 0.992. The smallest absolute Gasteiger partial charge is 0.0771 e. The van der Waals surface area contributed by atoms with Crippen LogP contribution in [0.5, 0.6) is 0 Å². The number of nitrogens with zero attached hydrogens (tertiary/aromatic N) is 1. The van der Waals surface area contributed by atoms with Gasteiger partial charge < -0.3 is 10.4 Å². The summed E-state index contributed by atoms with van der Waals surface area (Å²) >= 11 is 3.39. The van der Waals surface area contributed by atoms with Gasteiger partial charge >= 0.3 is 0 Å². The van der Waals surface area contributed by atoms with Crippen LogP contribution < -0.4 is 5.32 Å². The second-order valence-electron chi connectivity index (χ2n) is 4.55. The molecule has 0 bridgehead atoms. The van der Waals surface area contributed by atoms with Gasteiger partial charge in [0.15, 0.2) is 0 Å². The third-order valence-corrected chi connectivity index (χ3v) is 3.51. The first kappa shape index (κ1) is 12.0. The highest BCUT2D eigenvalue weighted by molar-refractivity contribution is 9.10. The van der Waals surface area contributed by atoms with E-state index in [0.717, 1.165) is 42.3 Å². The Balaban J connectivity index is 1.79. The predicted octanol–water partition coefficient (Wildman–Crippen LogP) is 2.24. The van der Waals surface area contributed by atoms with Crippen LogP contribution in [0.4, 0.5) is 0 Å². The van der Waals surface area contributed by atoms with Crippen LogP contribution in [0.1, 0.15) is 31.2 Å². The van der Waals surface area contributed by atoms with E-state index in [-0.39, 0.29) is 0 Å². The molecule has 1 fully saturated rings. The van der Waals surface area contributed by atoms with E-state index in [4.69, 9.17) is 0 Å². The van der Waals surface area contributed by atoms with Crippen molar-refractivity contribution in [2.45, 2.75) is 37.8 Å². The molecule has 1 aromatic rings. The Hall–Kier alpha value is -0.450. The van der Waals surface area contributed by atoms with E-state index in [2.05, 4.69) is 26.2 Å². The number of hydrogen-bond acceptors (Lipinski definition) is 3. The number of aromatic nitrogens is 1. The normalized spacial score (nSPS) is 18.9. The van der Waals surface area contributed by atoms with Gasteiger partial charge in [-0.15, -0.1) is 0 Å².